The highest BCUT2D eigenvalue weighted by molar-refractivity contribution is 5.79. The standard InChI is InChI=1S/C18H19N5O2/c1-14(18(24)20-11-15-7-9-19-10-8-15)23-12-16(21-22-23)13-25-17-5-3-2-4-6-17/h2-10,12,14H,11,13H2,1H3,(H,20,24). The van der Waals surface area contributed by atoms with E-state index in [0.29, 0.717) is 18.8 Å². The first-order valence-corrected chi connectivity index (χ1v) is 7.97. The second-order valence-electron chi connectivity index (χ2n) is 5.54. The monoisotopic (exact) mass is 337 g/mol. The fraction of sp³-hybridized carbons (Fsp3) is 0.222. The van der Waals surface area contributed by atoms with E-state index in [1.165, 1.54) is 4.68 Å². The summed E-state index contributed by atoms with van der Waals surface area (Å²) >= 11 is 0. The largest absolute Gasteiger partial charge is 0.487 e. The number of nitrogens with zero attached hydrogens (tertiary/aromatic N) is 4. The van der Waals surface area contributed by atoms with E-state index in [0.717, 1.165) is 11.3 Å². The lowest BCUT2D eigenvalue weighted by atomic mass is 10.2. The zero-order valence-electron chi connectivity index (χ0n) is 13.9. The molecule has 0 bridgehead atoms. The highest BCUT2D eigenvalue weighted by atomic mass is 16.5. The molecule has 2 aromatic heterocycles. The van der Waals surface area contributed by atoms with Gasteiger partial charge in [0.05, 0.1) is 6.20 Å². The number of amides is 1. The molecule has 0 aliphatic carbocycles. The maximum atomic E-state index is 12.3. The van der Waals surface area contributed by atoms with Gasteiger partial charge in [0.25, 0.3) is 0 Å². The van der Waals surface area contributed by atoms with E-state index in [9.17, 15) is 4.79 Å². The van der Waals surface area contributed by atoms with Crippen LogP contribution in [0.3, 0.4) is 0 Å². The molecule has 1 aromatic carbocycles. The van der Waals surface area contributed by atoms with E-state index in [1.807, 2.05) is 42.5 Å². The van der Waals surface area contributed by atoms with Crippen LogP contribution < -0.4 is 10.1 Å². The topological polar surface area (TPSA) is 81.9 Å². The number of carbonyl (C=O) groups is 1. The zero-order chi connectivity index (χ0) is 17.5. The smallest absolute Gasteiger partial charge is 0.244 e. The van der Waals surface area contributed by atoms with Gasteiger partial charge in [-0.1, -0.05) is 23.4 Å². The highest BCUT2D eigenvalue weighted by Crippen LogP contribution is 2.11. The first-order valence-electron chi connectivity index (χ1n) is 7.97. The van der Waals surface area contributed by atoms with Crippen molar-refractivity contribution in [3.63, 3.8) is 0 Å². The normalized spacial score (nSPS) is 11.7. The molecule has 1 amide bonds. The number of aromatic nitrogens is 4. The van der Waals surface area contributed by atoms with Gasteiger partial charge in [0.2, 0.25) is 5.91 Å². The van der Waals surface area contributed by atoms with E-state index in [4.69, 9.17) is 4.74 Å². The number of nitrogens with one attached hydrogen (secondary N) is 1. The number of pyridine rings is 1. The van der Waals surface area contributed by atoms with Gasteiger partial charge in [-0.3, -0.25) is 9.78 Å². The molecule has 1 N–H and O–H groups in total. The molecule has 0 radical (unpaired) electrons. The maximum Gasteiger partial charge on any atom is 0.244 e. The van der Waals surface area contributed by atoms with Crippen LogP contribution in [0.1, 0.15) is 24.2 Å². The molecule has 1 unspecified atom stereocenters. The third-order valence-electron chi connectivity index (χ3n) is 3.68. The van der Waals surface area contributed by atoms with Gasteiger partial charge in [0.15, 0.2) is 0 Å². The molecule has 7 heteroatoms. The first kappa shape index (κ1) is 16.6. The van der Waals surface area contributed by atoms with Crippen LogP contribution in [0.15, 0.2) is 61.1 Å². The Labute approximate surface area is 145 Å². The molecule has 0 aliphatic rings. The average Bonchev–Trinajstić information content (AvgIpc) is 3.14. The van der Waals surface area contributed by atoms with Crippen molar-refractivity contribution in [2.24, 2.45) is 0 Å². The number of para-hydroxylation sites is 1. The summed E-state index contributed by atoms with van der Waals surface area (Å²) in [7, 11) is 0. The van der Waals surface area contributed by atoms with Crippen molar-refractivity contribution < 1.29 is 9.53 Å². The van der Waals surface area contributed by atoms with E-state index in [1.54, 1.807) is 25.5 Å². The minimum Gasteiger partial charge on any atom is -0.487 e. The summed E-state index contributed by atoms with van der Waals surface area (Å²) in [5, 5.41) is 11.0. The van der Waals surface area contributed by atoms with Crippen LogP contribution in [0.5, 0.6) is 5.75 Å². The van der Waals surface area contributed by atoms with Gasteiger partial charge in [0.1, 0.15) is 24.1 Å². The molecular formula is C18H19N5O2. The molecule has 0 fully saturated rings. The molecule has 7 nitrogen and oxygen atoms in total. The van der Waals surface area contributed by atoms with Crippen LogP contribution in [-0.2, 0) is 17.9 Å². The summed E-state index contributed by atoms with van der Waals surface area (Å²) in [6.07, 6.45) is 5.11. The van der Waals surface area contributed by atoms with E-state index in [-0.39, 0.29) is 5.91 Å². The van der Waals surface area contributed by atoms with Crippen LogP contribution in [-0.4, -0.2) is 25.9 Å². The molecule has 3 rings (SSSR count). The molecule has 128 valence electrons. The highest BCUT2D eigenvalue weighted by Gasteiger charge is 2.16. The average molecular weight is 337 g/mol. The van der Waals surface area contributed by atoms with Crippen molar-refractivity contribution in [3.8, 4) is 5.75 Å². The van der Waals surface area contributed by atoms with Crippen molar-refractivity contribution in [2.75, 3.05) is 0 Å². The van der Waals surface area contributed by atoms with Gasteiger partial charge in [-0.15, -0.1) is 5.10 Å². The minimum atomic E-state index is -0.459. The predicted octanol–water partition coefficient (Wildman–Crippen LogP) is 2.13. The summed E-state index contributed by atoms with van der Waals surface area (Å²) in [6, 6.07) is 12.7. The Balaban J connectivity index is 1.52. The summed E-state index contributed by atoms with van der Waals surface area (Å²) in [5.74, 6) is 0.637. The molecule has 25 heavy (non-hydrogen) atoms. The predicted molar refractivity (Wildman–Crippen MR) is 91.6 cm³/mol. The Morgan fingerprint density at radius 1 is 1.20 bits per heavy atom. The fourth-order valence-corrected chi connectivity index (χ4v) is 2.20. The van der Waals surface area contributed by atoms with E-state index in [2.05, 4.69) is 20.6 Å². The van der Waals surface area contributed by atoms with Gasteiger partial charge >= 0.3 is 0 Å². The number of hydrogen-bond donors (Lipinski definition) is 1. The molecule has 1 atom stereocenters. The summed E-state index contributed by atoms with van der Waals surface area (Å²) in [4.78, 5) is 16.2. The molecule has 3 aromatic rings. The van der Waals surface area contributed by atoms with Crippen molar-refractivity contribution in [1.82, 2.24) is 25.3 Å². The van der Waals surface area contributed by atoms with Crippen LogP contribution in [0, 0.1) is 0 Å². The Kier molecular flexibility index (Phi) is 5.36. The lowest BCUT2D eigenvalue weighted by Crippen LogP contribution is -2.30. The number of rotatable bonds is 7. The lowest BCUT2D eigenvalue weighted by molar-refractivity contribution is -0.124. The summed E-state index contributed by atoms with van der Waals surface area (Å²) in [5.41, 5.74) is 1.66. The van der Waals surface area contributed by atoms with Crippen LogP contribution >= 0.6 is 0 Å². The van der Waals surface area contributed by atoms with Gasteiger partial charge in [-0.2, -0.15) is 0 Å². The molecule has 0 saturated heterocycles. The Bertz CT molecular complexity index is 805. The molecular weight excluding hydrogens is 318 g/mol. The zero-order valence-corrected chi connectivity index (χ0v) is 13.9. The third kappa shape index (κ3) is 4.63. The van der Waals surface area contributed by atoms with Gasteiger partial charge in [-0.05, 0) is 36.8 Å². The molecule has 0 saturated carbocycles. The van der Waals surface area contributed by atoms with Crippen molar-refractivity contribution >= 4 is 5.91 Å². The Morgan fingerprint density at radius 3 is 2.72 bits per heavy atom. The summed E-state index contributed by atoms with van der Waals surface area (Å²) < 4.78 is 7.16. The van der Waals surface area contributed by atoms with Crippen molar-refractivity contribution in [2.45, 2.75) is 26.1 Å². The van der Waals surface area contributed by atoms with Gasteiger partial charge in [-0.25, -0.2) is 4.68 Å². The quantitative estimate of drug-likeness (QED) is 0.714. The minimum absolute atomic E-state index is 0.128. The van der Waals surface area contributed by atoms with Gasteiger partial charge < -0.3 is 10.1 Å². The molecule has 2 heterocycles. The Morgan fingerprint density at radius 2 is 1.96 bits per heavy atom. The number of ether oxygens (including phenoxy) is 1. The maximum absolute atomic E-state index is 12.3. The van der Waals surface area contributed by atoms with Crippen molar-refractivity contribution in [1.29, 1.82) is 0 Å². The third-order valence-corrected chi connectivity index (χ3v) is 3.68. The van der Waals surface area contributed by atoms with E-state index >= 15 is 0 Å². The lowest BCUT2D eigenvalue weighted by Gasteiger charge is -2.11. The number of benzene rings is 1. The Hall–Kier alpha value is -3.22. The SMILES string of the molecule is CC(C(=O)NCc1ccncc1)n1cc(COc2ccccc2)nn1. The second-order valence-corrected chi connectivity index (χ2v) is 5.54. The molecule has 0 aliphatic heterocycles. The van der Waals surface area contributed by atoms with Crippen LogP contribution in [0.25, 0.3) is 0 Å². The fourth-order valence-electron chi connectivity index (χ4n) is 2.20. The first-order chi connectivity index (χ1) is 12.2. The number of hydrogen-bond acceptors (Lipinski definition) is 5. The number of carbonyl (C=O) groups excluding carboxylic acids is 1. The van der Waals surface area contributed by atoms with E-state index < -0.39 is 6.04 Å². The van der Waals surface area contributed by atoms with Gasteiger partial charge in [0, 0.05) is 18.9 Å². The second kappa shape index (κ2) is 8.05. The van der Waals surface area contributed by atoms with Crippen LogP contribution in [0.4, 0.5) is 0 Å². The summed E-state index contributed by atoms with van der Waals surface area (Å²) in [6.45, 7) is 2.53. The van der Waals surface area contributed by atoms with Crippen molar-refractivity contribution in [3.05, 3.63) is 72.3 Å². The van der Waals surface area contributed by atoms with Crippen LogP contribution in [0.2, 0.25) is 0 Å². The molecule has 0 spiro atoms.